The van der Waals surface area contributed by atoms with Gasteiger partial charge in [0.25, 0.3) is 0 Å². The van der Waals surface area contributed by atoms with Crippen molar-refractivity contribution in [3.63, 3.8) is 0 Å². The fraction of sp³-hybridized carbons (Fsp3) is 0.375. The van der Waals surface area contributed by atoms with Crippen molar-refractivity contribution in [2.75, 3.05) is 6.61 Å². The molecule has 0 N–H and O–H groups in total. The largest absolute Gasteiger partial charge is 0.366 e. The minimum absolute atomic E-state index is 0.0380. The van der Waals surface area contributed by atoms with E-state index in [-0.39, 0.29) is 5.78 Å². The van der Waals surface area contributed by atoms with E-state index in [1.807, 2.05) is 37.3 Å². The molecule has 0 aliphatic carbocycles. The highest BCUT2D eigenvalue weighted by molar-refractivity contribution is 5.98. The lowest BCUT2D eigenvalue weighted by Crippen LogP contribution is -2.20. The third-order valence-corrected chi connectivity index (χ3v) is 3.08. The lowest BCUT2D eigenvalue weighted by molar-refractivity contribution is 0.0442. The molecule has 20 heavy (non-hydrogen) atoms. The van der Waals surface area contributed by atoms with Crippen molar-refractivity contribution in [3.8, 4) is 0 Å². The first-order chi connectivity index (χ1) is 9.77. The van der Waals surface area contributed by atoms with Gasteiger partial charge in [-0.3, -0.25) is 9.48 Å². The zero-order chi connectivity index (χ0) is 14.4. The second kappa shape index (κ2) is 7.01. The molecule has 0 fully saturated rings. The van der Waals surface area contributed by atoms with Crippen LogP contribution in [0.15, 0.2) is 42.6 Å². The Hall–Kier alpha value is -1.94. The number of ether oxygens (including phenoxy) is 1. The summed E-state index contributed by atoms with van der Waals surface area (Å²) in [4.78, 5) is 12.7. The second-order valence-electron chi connectivity index (χ2n) is 4.55. The summed E-state index contributed by atoms with van der Waals surface area (Å²) >= 11 is 0. The first kappa shape index (κ1) is 14.5. The summed E-state index contributed by atoms with van der Waals surface area (Å²) in [5.74, 6) is -0.0380. The van der Waals surface area contributed by atoms with E-state index in [9.17, 15) is 4.79 Å². The molecule has 0 aliphatic rings. The number of carbonyl (C=O) groups excluding carboxylic acids is 1. The van der Waals surface area contributed by atoms with E-state index in [1.165, 1.54) is 0 Å². The van der Waals surface area contributed by atoms with Crippen molar-refractivity contribution >= 4 is 5.78 Å². The Balaban J connectivity index is 2.29. The van der Waals surface area contributed by atoms with Gasteiger partial charge in [-0.15, -0.1) is 0 Å². The lowest BCUT2D eigenvalue weighted by Gasteiger charge is -2.17. The van der Waals surface area contributed by atoms with E-state index in [4.69, 9.17) is 4.74 Å². The first-order valence-electron chi connectivity index (χ1n) is 7.00. The van der Waals surface area contributed by atoms with Crippen LogP contribution in [-0.4, -0.2) is 22.2 Å². The van der Waals surface area contributed by atoms with E-state index in [1.54, 1.807) is 16.9 Å². The lowest BCUT2D eigenvalue weighted by atomic mass is 10.0. The minimum atomic E-state index is -0.562. The Bertz CT molecular complexity index is 549. The average molecular weight is 272 g/mol. The van der Waals surface area contributed by atoms with Crippen molar-refractivity contribution in [3.05, 3.63) is 53.9 Å². The fourth-order valence-corrected chi connectivity index (χ4v) is 2.18. The quantitative estimate of drug-likeness (QED) is 0.727. The predicted octanol–water partition coefficient (Wildman–Crippen LogP) is 3.25. The van der Waals surface area contributed by atoms with Gasteiger partial charge in [0.1, 0.15) is 11.8 Å². The maximum Gasteiger partial charge on any atom is 0.214 e. The summed E-state index contributed by atoms with van der Waals surface area (Å²) in [7, 11) is 0. The Morgan fingerprint density at radius 1 is 1.25 bits per heavy atom. The van der Waals surface area contributed by atoms with Crippen LogP contribution in [0.3, 0.4) is 0 Å². The molecule has 0 saturated heterocycles. The standard InChI is InChI=1S/C16H20N2O2/c1-3-12-18-14(10-11-17-18)15(19)16(20-4-2)13-8-6-5-7-9-13/h5-11,16H,3-4,12H2,1-2H3. The highest BCUT2D eigenvalue weighted by Gasteiger charge is 2.24. The molecule has 1 heterocycles. The van der Waals surface area contributed by atoms with Gasteiger partial charge < -0.3 is 4.74 Å². The van der Waals surface area contributed by atoms with E-state index < -0.39 is 6.10 Å². The third-order valence-electron chi connectivity index (χ3n) is 3.08. The van der Waals surface area contributed by atoms with E-state index in [0.29, 0.717) is 12.3 Å². The van der Waals surface area contributed by atoms with Gasteiger partial charge in [-0.1, -0.05) is 37.3 Å². The summed E-state index contributed by atoms with van der Waals surface area (Å²) in [6.45, 7) is 5.19. The Morgan fingerprint density at radius 2 is 2.00 bits per heavy atom. The number of aromatic nitrogens is 2. The van der Waals surface area contributed by atoms with Gasteiger partial charge >= 0.3 is 0 Å². The molecule has 0 amide bonds. The molecule has 0 bridgehead atoms. The van der Waals surface area contributed by atoms with Crippen LogP contribution in [0.2, 0.25) is 0 Å². The number of ketones is 1. The van der Waals surface area contributed by atoms with Gasteiger partial charge in [-0.05, 0) is 25.0 Å². The van der Waals surface area contributed by atoms with E-state index in [2.05, 4.69) is 12.0 Å². The average Bonchev–Trinajstić information content (AvgIpc) is 2.94. The van der Waals surface area contributed by atoms with Crippen LogP contribution >= 0.6 is 0 Å². The number of nitrogens with zero attached hydrogens (tertiary/aromatic N) is 2. The molecule has 1 aromatic heterocycles. The number of hydrogen-bond acceptors (Lipinski definition) is 3. The molecule has 4 heteroatoms. The van der Waals surface area contributed by atoms with Crippen molar-refractivity contribution in [2.45, 2.75) is 32.9 Å². The number of aryl methyl sites for hydroxylation is 1. The van der Waals surface area contributed by atoms with Crippen LogP contribution < -0.4 is 0 Å². The molecule has 1 aromatic carbocycles. The number of benzene rings is 1. The van der Waals surface area contributed by atoms with Gasteiger partial charge in [-0.2, -0.15) is 5.10 Å². The summed E-state index contributed by atoms with van der Waals surface area (Å²) in [6.07, 6.45) is 2.04. The second-order valence-corrected chi connectivity index (χ2v) is 4.55. The zero-order valence-corrected chi connectivity index (χ0v) is 12.0. The molecule has 2 rings (SSSR count). The SMILES string of the molecule is CCCn1nccc1C(=O)C(OCC)c1ccccc1. The zero-order valence-electron chi connectivity index (χ0n) is 12.0. The Morgan fingerprint density at radius 3 is 2.65 bits per heavy atom. The number of Topliss-reactive ketones (excluding diaryl/α,β-unsaturated/α-hetero) is 1. The van der Waals surface area contributed by atoms with Gasteiger partial charge in [0.2, 0.25) is 5.78 Å². The normalized spacial score (nSPS) is 12.3. The predicted molar refractivity (Wildman–Crippen MR) is 77.7 cm³/mol. The molecule has 0 saturated carbocycles. The minimum Gasteiger partial charge on any atom is -0.366 e. The van der Waals surface area contributed by atoms with Crippen LogP contribution in [0.4, 0.5) is 0 Å². The van der Waals surface area contributed by atoms with Crippen LogP contribution in [-0.2, 0) is 11.3 Å². The molecule has 1 atom stereocenters. The van der Waals surface area contributed by atoms with E-state index >= 15 is 0 Å². The smallest absolute Gasteiger partial charge is 0.214 e. The summed E-state index contributed by atoms with van der Waals surface area (Å²) in [5, 5.41) is 4.20. The fourth-order valence-electron chi connectivity index (χ4n) is 2.18. The molecule has 2 aromatic rings. The van der Waals surface area contributed by atoms with Crippen molar-refractivity contribution < 1.29 is 9.53 Å². The van der Waals surface area contributed by atoms with Crippen LogP contribution in [0.5, 0.6) is 0 Å². The first-order valence-corrected chi connectivity index (χ1v) is 7.00. The maximum absolute atomic E-state index is 12.7. The maximum atomic E-state index is 12.7. The van der Waals surface area contributed by atoms with E-state index in [0.717, 1.165) is 18.5 Å². The molecule has 0 radical (unpaired) electrons. The van der Waals surface area contributed by atoms with Gasteiger partial charge in [0, 0.05) is 19.3 Å². The Kier molecular flexibility index (Phi) is 5.07. The number of hydrogen-bond donors (Lipinski definition) is 0. The monoisotopic (exact) mass is 272 g/mol. The highest BCUT2D eigenvalue weighted by Crippen LogP contribution is 2.22. The van der Waals surface area contributed by atoms with Crippen LogP contribution in [0.25, 0.3) is 0 Å². The molecule has 0 spiro atoms. The Labute approximate surface area is 119 Å². The molecule has 106 valence electrons. The molecular weight excluding hydrogens is 252 g/mol. The highest BCUT2D eigenvalue weighted by atomic mass is 16.5. The molecule has 1 unspecified atom stereocenters. The topological polar surface area (TPSA) is 44.1 Å². The van der Waals surface area contributed by atoms with Crippen molar-refractivity contribution in [1.29, 1.82) is 0 Å². The summed E-state index contributed by atoms with van der Waals surface area (Å²) in [5.41, 5.74) is 1.48. The molecule has 4 nitrogen and oxygen atoms in total. The summed E-state index contributed by atoms with van der Waals surface area (Å²) in [6, 6.07) is 11.3. The van der Waals surface area contributed by atoms with Gasteiger partial charge in [0.05, 0.1) is 0 Å². The van der Waals surface area contributed by atoms with Crippen LogP contribution in [0.1, 0.15) is 42.4 Å². The number of rotatable bonds is 7. The van der Waals surface area contributed by atoms with Crippen molar-refractivity contribution in [2.24, 2.45) is 0 Å². The van der Waals surface area contributed by atoms with Crippen molar-refractivity contribution in [1.82, 2.24) is 9.78 Å². The molecule has 0 aliphatic heterocycles. The van der Waals surface area contributed by atoms with Gasteiger partial charge in [-0.25, -0.2) is 0 Å². The van der Waals surface area contributed by atoms with Gasteiger partial charge in [0.15, 0.2) is 0 Å². The number of carbonyl (C=O) groups is 1. The molecular formula is C16H20N2O2. The summed E-state index contributed by atoms with van der Waals surface area (Å²) < 4.78 is 7.40. The third kappa shape index (κ3) is 3.14. The van der Waals surface area contributed by atoms with Crippen LogP contribution in [0, 0.1) is 0 Å².